The monoisotopic (exact) mass is 459 g/mol. The Hall–Kier alpha value is -3.02. The van der Waals surface area contributed by atoms with E-state index in [1.165, 1.54) is 52.0 Å². The van der Waals surface area contributed by atoms with Gasteiger partial charge in [-0.1, -0.05) is 12.1 Å². The van der Waals surface area contributed by atoms with Gasteiger partial charge in [0.1, 0.15) is 23.9 Å². The van der Waals surface area contributed by atoms with Gasteiger partial charge in [0.15, 0.2) is 0 Å². The summed E-state index contributed by atoms with van der Waals surface area (Å²) < 4.78 is 18.2. The molecule has 0 atom stereocenters. The van der Waals surface area contributed by atoms with E-state index < -0.39 is 0 Å². The summed E-state index contributed by atoms with van der Waals surface area (Å²) in [5.74, 6) is 2.65. The van der Waals surface area contributed by atoms with E-state index in [0.29, 0.717) is 0 Å². The first-order chi connectivity index (χ1) is 16.2. The van der Waals surface area contributed by atoms with Crippen molar-refractivity contribution in [3.63, 3.8) is 0 Å². The zero-order valence-corrected chi connectivity index (χ0v) is 20.0. The Morgan fingerprint density at radius 2 is 1.55 bits per heavy atom. The second kappa shape index (κ2) is 9.86. The fourth-order valence-corrected chi connectivity index (χ4v) is 5.74. The number of hydrogen-bond acceptors (Lipinski definition) is 5. The van der Waals surface area contributed by atoms with Crippen molar-refractivity contribution in [2.45, 2.75) is 12.8 Å². The highest BCUT2D eigenvalue weighted by atomic mass is 32.1. The number of methoxy groups -OCH3 is 2. The molecule has 0 saturated carbocycles. The Kier molecular flexibility index (Phi) is 6.51. The van der Waals surface area contributed by atoms with Crippen LogP contribution in [0, 0.1) is 0 Å². The van der Waals surface area contributed by atoms with Gasteiger partial charge in [-0.05, 0) is 91.7 Å². The highest BCUT2D eigenvalue weighted by Gasteiger charge is 2.17. The van der Waals surface area contributed by atoms with Gasteiger partial charge in [-0.25, -0.2) is 0 Å². The van der Waals surface area contributed by atoms with Crippen LogP contribution in [0.3, 0.4) is 0 Å². The van der Waals surface area contributed by atoms with Crippen molar-refractivity contribution in [1.82, 2.24) is 4.90 Å². The predicted molar refractivity (Wildman–Crippen MR) is 137 cm³/mol. The SMILES string of the molecule is COc1ccc(-c2sc3cc(OC)ccc3c2-c2cccc(OCCN3CCCC3)c2)cc1. The van der Waals surface area contributed by atoms with Crippen molar-refractivity contribution in [2.24, 2.45) is 0 Å². The molecule has 3 aromatic carbocycles. The third kappa shape index (κ3) is 4.70. The van der Waals surface area contributed by atoms with Crippen LogP contribution in [0.25, 0.3) is 31.7 Å². The quantitative estimate of drug-likeness (QED) is 0.292. The van der Waals surface area contributed by atoms with E-state index in [9.17, 15) is 0 Å². The molecule has 0 radical (unpaired) electrons. The molecule has 0 N–H and O–H groups in total. The molecule has 1 saturated heterocycles. The molecule has 170 valence electrons. The Labute approximate surface area is 199 Å². The van der Waals surface area contributed by atoms with Gasteiger partial charge in [0, 0.05) is 27.1 Å². The lowest BCUT2D eigenvalue weighted by molar-refractivity contribution is 0.238. The molecule has 1 aliphatic rings. The highest BCUT2D eigenvalue weighted by Crippen LogP contribution is 2.46. The molecule has 5 heteroatoms. The van der Waals surface area contributed by atoms with Gasteiger partial charge in [0.05, 0.1) is 14.2 Å². The van der Waals surface area contributed by atoms with Gasteiger partial charge in [-0.15, -0.1) is 11.3 Å². The number of nitrogens with zero attached hydrogens (tertiary/aromatic N) is 1. The van der Waals surface area contributed by atoms with Gasteiger partial charge in [-0.3, -0.25) is 4.90 Å². The van der Waals surface area contributed by atoms with E-state index in [-0.39, 0.29) is 0 Å². The van der Waals surface area contributed by atoms with Crippen LogP contribution in [-0.2, 0) is 0 Å². The Morgan fingerprint density at radius 1 is 0.788 bits per heavy atom. The summed E-state index contributed by atoms with van der Waals surface area (Å²) >= 11 is 1.79. The highest BCUT2D eigenvalue weighted by molar-refractivity contribution is 7.23. The van der Waals surface area contributed by atoms with E-state index >= 15 is 0 Å². The van der Waals surface area contributed by atoms with Crippen LogP contribution >= 0.6 is 11.3 Å². The third-order valence-electron chi connectivity index (χ3n) is 6.25. The fraction of sp³-hybridized carbons (Fsp3) is 0.286. The molecule has 4 nitrogen and oxygen atoms in total. The Bertz CT molecular complexity index is 1230. The first-order valence-electron chi connectivity index (χ1n) is 11.5. The summed E-state index contributed by atoms with van der Waals surface area (Å²) in [5, 5.41) is 1.22. The standard InChI is InChI=1S/C28H29NO3S/c1-30-22-10-8-20(9-11-22)28-27(25-13-12-23(31-2)19-26(25)33-28)21-6-5-7-24(18-21)32-17-16-29-14-3-4-15-29/h5-13,18-19H,3-4,14-17H2,1-2H3. The smallest absolute Gasteiger partial charge is 0.120 e. The zero-order chi connectivity index (χ0) is 22.6. The molecule has 0 unspecified atom stereocenters. The first-order valence-corrected chi connectivity index (χ1v) is 12.3. The normalized spacial score (nSPS) is 14.0. The fourth-order valence-electron chi connectivity index (χ4n) is 4.48. The maximum Gasteiger partial charge on any atom is 0.120 e. The molecular formula is C28H29NO3S. The van der Waals surface area contributed by atoms with Crippen molar-refractivity contribution in [3.05, 3.63) is 66.7 Å². The van der Waals surface area contributed by atoms with Crippen LogP contribution in [0.15, 0.2) is 66.7 Å². The maximum atomic E-state index is 6.16. The van der Waals surface area contributed by atoms with E-state index in [4.69, 9.17) is 14.2 Å². The molecule has 0 spiro atoms. The van der Waals surface area contributed by atoms with Crippen LogP contribution in [0.2, 0.25) is 0 Å². The molecule has 2 heterocycles. The van der Waals surface area contributed by atoms with E-state index in [1.54, 1.807) is 25.6 Å². The number of benzene rings is 3. The van der Waals surface area contributed by atoms with Crippen molar-refractivity contribution < 1.29 is 14.2 Å². The zero-order valence-electron chi connectivity index (χ0n) is 19.2. The van der Waals surface area contributed by atoms with Gasteiger partial charge in [-0.2, -0.15) is 0 Å². The summed E-state index contributed by atoms with van der Waals surface area (Å²) in [4.78, 5) is 3.71. The second-order valence-corrected chi connectivity index (χ2v) is 9.37. The lowest BCUT2D eigenvalue weighted by atomic mass is 9.98. The molecule has 0 amide bonds. The van der Waals surface area contributed by atoms with Crippen LogP contribution < -0.4 is 14.2 Å². The third-order valence-corrected chi connectivity index (χ3v) is 7.45. The van der Waals surface area contributed by atoms with Crippen molar-refractivity contribution in [1.29, 1.82) is 0 Å². The molecule has 1 aromatic heterocycles. The number of likely N-dealkylation sites (tertiary alicyclic amines) is 1. The lowest BCUT2D eigenvalue weighted by Crippen LogP contribution is -2.25. The summed E-state index contributed by atoms with van der Waals surface area (Å²) in [6.07, 6.45) is 2.61. The minimum Gasteiger partial charge on any atom is -0.497 e. The molecular weight excluding hydrogens is 430 g/mol. The van der Waals surface area contributed by atoms with Crippen molar-refractivity contribution in [2.75, 3.05) is 40.5 Å². The van der Waals surface area contributed by atoms with Gasteiger partial charge in [0.25, 0.3) is 0 Å². The Morgan fingerprint density at radius 3 is 2.30 bits per heavy atom. The lowest BCUT2D eigenvalue weighted by Gasteiger charge is -2.15. The van der Waals surface area contributed by atoms with E-state index in [2.05, 4.69) is 53.4 Å². The number of rotatable bonds is 8. The predicted octanol–water partition coefficient (Wildman–Crippen LogP) is 6.73. The Balaban J connectivity index is 1.51. The van der Waals surface area contributed by atoms with E-state index in [0.717, 1.165) is 36.0 Å². The molecule has 0 aliphatic carbocycles. The number of fused-ring (bicyclic) bond motifs is 1. The molecule has 1 aliphatic heterocycles. The second-order valence-electron chi connectivity index (χ2n) is 8.32. The molecule has 0 bridgehead atoms. The van der Waals surface area contributed by atoms with Gasteiger partial charge >= 0.3 is 0 Å². The topological polar surface area (TPSA) is 30.9 Å². The van der Waals surface area contributed by atoms with Gasteiger partial charge < -0.3 is 14.2 Å². The largest absolute Gasteiger partial charge is 0.497 e. The summed E-state index contributed by atoms with van der Waals surface area (Å²) in [5.41, 5.74) is 3.56. The molecule has 1 fully saturated rings. The van der Waals surface area contributed by atoms with Crippen molar-refractivity contribution in [3.8, 4) is 38.8 Å². The minimum absolute atomic E-state index is 0.719. The number of ether oxygens (including phenoxy) is 3. The average molecular weight is 460 g/mol. The van der Waals surface area contributed by atoms with Crippen LogP contribution in [-0.4, -0.2) is 45.4 Å². The average Bonchev–Trinajstić information content (AvgIpc) is 3.51. The number of thiophene rings is 1. The van der Waals surface area contributed by atoms with Crippen LogP contribution in [0.1, 0.15) is 12.8 Å². The summed E-state index contributed by atoms with van der Waals surface area (Å²) in [6, 6.07) is 23.1. The maximum absolute atomic E-state index is 6.16. The van der Waals surface area contributed by atoms with Crippen LogP contribution in [0.4, 0.5) is 0 Å². The van der Waals surface area contributed by atoms with Gasteiger partial charge in [0.2, 0.25) is 0 Å². The van der Waals surface area contributed by atoms with Crippen LogP contribution in [0.5, 0.6) is 17.2 Å². The van der Waals surface area contributed by atoms with E-state index in [1.807, 2.05) is 18.2 Å². The molecule has 33 heavy (non-hydrogen) atoms. The minimum atomic E-state index is 0.719. The molecule has 5 rings (SSSR count). The number of hydrogen-bond donors (Lipinski definition) is 0. The summed E-state index contributed by atoms with van der Waals surface area (Å²) in [6.45, 7) is 4.09. The summed E-state index contributed by atoms with van der Waals surface area (Å²) in [7, 11) is 3.41. The first kappa shape index (κ1) is 21.8. The van der Waals surface area contributed by atoms with Crippen molar-refractivity contribution >= 4 is 21.4 Å². The molecule has 4 aromatic rings.